The Labute approximate surface area is 132 Å². The average Bonchev–Trinajstić information content (AvgIpc) is 2.35. The number of rotatable bonds is 9. The summed E-state index contributed by atoms with van der Waals surface area (Å²) in [6, 6.07) is 7.11. The van der Waals surface area contributed by atoms with Gasteiger partial charge in [-0.3, -0.25) is 9.36 Å². The van der Waals surface area contributed by atoms with Gasteiger partial charge in [-0.25, -0.2) is 0 Å². The van der Waals surface area contributed by atoms with Crippen molar-refractivity contribution in [3.63, 3.8) is 0 Å². The van der Waals surface area contributed by atoms with E-state index in [2.05, 4.69) is 0 Å². The molecule has 0 radical (unpaired) electrons. The van der Waals surface area contributed by atoms with Crippen LogP contribution in [0.5, 0.6) is 5.75 Å². The molecule has 0 bridgehead atoms. The third-order valence-electron chi connectivity index (χ3n) is 2.51. The van der Waals surface area contributed by atoms with Crippen molar-refractivity contribution in [1.29, 1.82) is 0 Å². The highest BCUT2D eigenvalue weighted by Gasteiger charge is 2.28. The normalized spacial score (nSPS) is 12.0. The molecule has 0 saturated carbocycles. The Balaban J connectivity index is 2.68. The largest absolute Gasteiger partial charge is 0.481 e. The van der Waals surface area contributed by atoms with Gasteiger partial charge in [-0.05, 0) is 52.3 Å². The lowest BCUT2D eigenvalue weighted by Gasteiger charge is -2.22. The fourth-order valence-electron chi connectivity index (χ4n) is 1.87. The zero-order chi connectivity index (χ0) is 16.8. The maximum Gasteiger partial charge on any atom is 0.368 e. The van der Waals surface area contributed by atoms with Gasteiger partial charge < -0.3 is 13.8 Å². The Morgan fingerprint density at radius 3 is 1.95 bits per heavy atom. The first-order chi connectivity index (χ1) is 10.2. The summed E-state index contributed by atoms with van der Waals surface area (Å²) in [6.45, 7) is 8.74. The highest BCUT2D eigenvalue weighted by molar-refractivity contribution is 7.53. The molecule has 0 atom stereocenters. The lowest BCUT2D eigenvalue weighted by Crippen LogP contribution is -2.13. The summed E-state index contributed by atoms with van der Waals surface area (Å²) < 4.78 is 29.0. The summed E-state index contributed by atoms with van der Waals surface area (Å²) in [5.41, 5.74) is 0.917. The second-order valence-corrected chi connectivity index (χ2v) is 7.62. The minimum absolute atomic E-state index is 0.105. The SMILES string of the molecule is CC(=O)Cc1ccc(OCP(=O)(OC(C)C)OC(C)C)cc1. The van der Waals surface area contributed by atoms with E-state index in [0.717, 1.165) is 5.56 Å². The van der Waals surface area contributed by atoms with Crippen molar-refractivity contribution in [3.8, 4) is 5.75 Å². The lowest BCUT2D eigenvalue weighted by molar-refractivity contribution is -0.116. The summed E-state index contributed by atoms with van der Waals surface area (Å²) in [7, 11) is -3.31. The molecule has 0 unspecified atom stereocenters. The van der Waals surface area contributed by atoms with Crippen molar-refractivity contribution in [3.05, 3.63) is 29.8 Å². The standard InChI is InChI=1S/C16H25O5P/c1-12(2)20-22(18,21-13(3)4)11-19-16-8-6-15(7-9-16)10-14(5)17/h6-9,12-13H,10-11H2,1-5H3. The molecule has 124 valence electrons. The van der Waals surface area contributed by atoms with Crippen LogP contribution in [0.1, 0.15) is 40.2 Å². The fourth-order valence-corrected chi connectivity index (χ4v) is 3.64. The zero-order valence-electron chi connectivity index (χ0n) is 13.9. The van der Waals surface area contributed by atoms with Crippen LogP contribution in [0.4, 0.5) is 0 Å². The zero-order valence-corrected chi connectivity index (χ0v) is 14.8. The van der Waals surface area contributed by atoms with Gasteiger partial charge in [0.25, 0.3) is 0 Å². The number of hydrogen-bond donors (Lipinski definition) is 0. The van der Waals surface area contributed by atoms with Gasteiger partial charge in [-0.15, -0.1) is 0 Å². The molecule has 1 aromatic carbocycles. The van der Waals surface area contributed by atoms with Crippen LogP contribution in [0.15, 0.2) is 24.3 Å². The molecule has 0 amide bonds. The van der Waals surface area contributed by atoms with E-state index >= 15 is 0 Å². The van der Waals surface area contributed by atoms with Gasteiger partial charge in [0.05, 0.1) is 12.2 Å². The summed E-state index contributed by atoms with van der Waals surface area (Å²) >= 11 is 0. The first-order valence-corrected chi connectivity index (χ1v) is 9.10. The van der Waals surface area contributed by atoms with Crippen LogP contribution >= 0.6 is 7.60 Å². The van der Waals surface area contributed by atoms with E-state index in [4.69, 9.17) is 13.8 Å². The van der Waals surface area contributed by atoms with Crippen molar-refractivity contribution in [1.82, 2.24) is 0 Å². The van der Waals surface area contributed by atoms with Crippen molar-refractivity contribution in [2.24, 2.45) is 0 Å². The Morgan fingerprint density at radius 1 is 1.05 bits per heavy atom. The predicted octanol–water partition coefficient (Wildman–Crippen LogP) is 4.20. The van der Waals surface area contributed by atoms with Gasteiger partial charge in [0.1, 0.15) is 11.5 Å². The highest BCUT2D eigenvalue weighted by Crippen LogP contribution is 2.50. The number of benzene rings is 1. The second kappa shape index (κ2) is 8.47. The van der Waals surface area contributed by atoms with E-state index in [1.54, 1.807) is 46.8 Å². The van der Waals surface area contributed by atoms with E-state index in [1.807, 2.05) is 12.1 Å². The second-order valence-electron chi connectivity index (χ2n) is 5.72. The van der Waals surface area contributed by atoms with E-state index < -0.39 is 7.60 Å². The minimum atomic E-state index is -3.31. The number of ether oxygens (including phenoxy) is 1. The highest BCUT2D eigenvalue weighted by atomic mass is 31.2. The number of ketones is 1. The molecule has 6 heteroatoms. The molecule has 0 saturated heterocycles. The van der Waals surface area contributed by atoms with E-state index in [-0.39, 0.29) is 24.3 Å². The van der Waals surface area contributed by atoms with Crippen LogP contribution < -0.4 is 4.74 Å². The van der Waals surface area contributed by atoms with Crippen LogP contribution in [0, 0.1) is 0 Å². The van der Waals surface area contributed by atoms with Crippen LogP contribution in [0.3, 0.4) is 0 Å². The van der Waals surface area contributed by atoms with Gasteiger partial charge in [0.2, 0.25) is 0 Å². The molecule has 0 aliphatic carbocycles. The van der Waals surface area contributed by atoms with Gasteiger partial charge in [0, 0.05) is 6.42 Å². The lowest BCUT2D eigenvalue weighted by atomic mass is 10.1. The molecule has 22 heavy (non-hydrogen) atoms. The first-order valence-electron chi connectivity index (χ1n) is 7.37. The van der Waals surface area contributed by atoms with Crippen LogP contribution in [-0.2, 0) is 24.8 Å². The first kappa shape index (κ1) is 18.9. The predicted molar refractivity (Wildman–Crippen MR) is 86.4 cm³/mol. The average molecular weight is 328 g/mol. The van der Waals surface area contributed by atoms with Crippen LogP contribution in [0.2, 0.25) is 0 Å². The molecular formula is C16H25O5P. The Morgan fingerprint density at radius 2 is 1.55 bits per heavy atom. The number of carbonyl (C=O) groups is 1. The molecule has 0 aliphatic heterocycles. The van der Waals surface area contributed by atoms with E-state index in [0.29, 0.717) is 12.2 Å². The summed E-state index contributed by atoms with van der Waals surface area (Å²) in [5.74, 6) is 0.668. The van der Waals surface area contributed by atoms with Gasteiger partial charge in [-0.1, -0.05) is 12.1 Å². The molecule has 0 aromatic heterocycles. The Hall–Kier alpha value is -1.16. The van der Waals surface area contributed by atoms with Crippen molar-refractivity contribution in [2.75, 3.05) is 6.35 Å². The molecule has 5 nitrogen and oxygen atoms in total. The number of Topliss-reactive ketones (excluding diaryl/α,β-unsaturated/α-hetero) is 1. The van der Waals surface area contributed by atoms with Crippen LogP contribution in [0.25, 0.3) is 0 Å². The minimum Gasteiger partial charge on any atom is -0.481 e. The molecular weight excluding hydrogens is 303 g/mol. The third-order valence-corrected chi connectivity index (χ3v) is 4.44. The summed E-state index contributed by atoms with van der Waals surface area (Å²) in [5, 5.41) is 0. The quantitative estimate of drug-likeness (QED) is 0.636. The van der Waals surface area contributed by atoms with E-state index in [1.165, 1.54) is 0 Å². The maximum atomic E-state index is 12.6. The number of carbonyl (C=O) groups excluding carboxylic acids is 1. The van der Waals surface area contributed by atoms with Crippen LogP contribution in [-0.4, -0.2) is 24.3 Å². The summed E-state index contributed by atoms with van der Waals surface area (Å²) in [6.07, 6.45) is -0.182. The molecule has 0 fully saturated rings. The monoisotopic (exact) mass is 328 g/mol. The number of hydrogen-bond acceptors (Lipinski definition) is 5. The molecule has 1 rings (SSSR count). The van der Waals surface area contributed by atoms with Gasteiger partial charge in [-0.2, -0.15) is 0 Å². The maximum absolute atomic E-state index is 12.6. The molecule has 0 N–H and O–H groups in total. The van der Waals surface area contributed by atoms with Gasteiger partial charge in [0.15, 0.2) is 6.35 Å². The Kier molecular flexibility index (Phi) is 7.27. The summed E-state index contributed by atoms with van der Waals surface area (Å²) in [4.78, 5) is 11.1. The van der Waals surface area contributed by atoms with Gasteiger partial charge >= 0.3 is 7.60 Å². The molecule has 0 spiro atoms. The van der Waals surface area contributed by atoms with E-state index in [9.17, 15) is 9.36 Å². The molecule has 1 aromatic rings. The topological polar surface area (TPSA) is 61.8 Å². The van der Waals surface area contributed by atoms with Crippen molar-refractivity contribution < 1.29 is 23.1 Å². The van der Waals surface area contributed by atoms with Crippen molar-refractivity contribution in [2.45, 2.75) is 53.2 Å². The smallest absolute Gasteiger partial charge is 0.368 e. The fraction of sp³-hybridized carbons (Fsp3) is 0.562. The molecule has 0 aliphatic rings. The Bertz CT molecular complexity index is 508. The third kappa shape index (κ3) is 7.21. The molecule has 0 heterocycles. The van der Waals surface area contributed by atoms with Crippen molar-refractivity contribution >= 4 is 13.4 Å².